The van der Waals surface area contributed by atoms with E-state index in [2.05, 4.69) is 10.2 Å². The van der Waals surface area contributed by atoms with Crippen LogP contribution in [0.2, 0.25) is 0 Å². The number of nitrogens with one attached hydrogen (secondary N) is 1. The van der Waals surface area contributed by atoms with Crippen molar-refractivity contribution in [2.75, 3.05) is 59.0 Å². The van der Waals surface area contributed by atoms with E-state index in [4.69, 9.17) is 4.74 Å². The summed E-state index contributed by atoms with van der Waals surface area (Å²) < 4.78 is 5.57. The number of amides is 2. The smallest absolute Gasteiger partial charge is 0.242 e. The van der Waals surface area contributed by atoms with Gasteiger partial charge in [-0.2, -0.15) is 0 Å². The summed E-state index contributed by atoms with van der Waals surface area (Å²) in [4.78, 5) is 31.1. The highest BCUT2D eigenvalue weighted by molar-refractivity contribution is 5.83. The molecule has 7 nitrogen and oxygen atoms in total. The molecule has 2 amide bonds. The second-order valence-corrected chi connectivity index (χ2v) is 7.05. The van der Waals surface area contributed by atoms with E-state index in [-0.39, 0.29) is 24.0 Å². The molecule has 0 aromatic carbocycles. The standard InChI is InChI=1S/C17H30N4O3/c1-14-16(18-5-12-24-14)17(23)21-10-8-19(9-11-21)13-15(22)20-6-3-2-4-7-20/h14,16,18H,2-13H2,1H3/t14-,16+/m1/s1. The van der Waals surface area contributed by atoms with Gasteiger partial charge >= 0.3 is 0 Å². The van der Waals surface area contributed by atoms with E-state index in [0.717, 1.165) is 45.6 Å². The minimum absolute atomic E-state index is 0.0787. The van der Waals surface area contributed by atoms with Gasteiger partial charge < -0.3 is 19.9 Å². The molecule has 0 radical (unpaired) electrons. The average molecular weight is 338 g/mol. The SMILES string of the molecule is C[C@H]1OCCN[C@@H]1C(=O)N1CCN(CC(=O)N2CCCCC2)CC1. The minimum Gasteiger partial charge on any atom is -0.375 e. The van der Waals surface area contributed by atoms with E-state index < -0.39 is 0 Å². The van der Waals surface area contributed by atoms with Crippen LogP contribution in [-0.4, -0.2) is 97.6 Å². The fourth-order valence-electron chi connectivity index (χ4n) is 3.77. The van der Waals surface area contributed by atoms with Crippen LogP contribution >= 0.6 is 0 Å². The number of ether oxygens (including phenoxy) is 1. The van der Waals surface area contributed by atoms with Crippen LogP contribution in [0.25, 0.3) is 0 Å². The predicted molar refractivity (Wildman–Crippen MR) is 90.7 cm³/mol. The van der Waals surface area contributed by atoms with Crippen LogP contribution in [0.4, 0.5) is 0 Å². The molecule has 3 aliphatic rings. The van der Waals surface area contributed by atoms with Gasteiger partial charge in [-0.05, 0) is 26.2 Å². The lowest BCUT2D eigenvalue weighted by Gasteiger charge is -2.39. The highest BCUT2D eigenvalue weighted by atomic mass is 16.5. The Morgan fingerprint density at radius 1 is 1.00 bits per heavy atom. The molecule has 0 saturated carbocycles. The van der Waals surface area contributed by atoms with Gasteiger partial charge in [0, 0.05) is 45.8 Å². The van der Waals surface area contributed by atoms with Crippen LogP contribution in [0.3, 0.4) is 0 Å². The number of hydrogen-bond acceptors (Lipinski definition) is 5. The third-order valence-corrected chi connectivity index (χ3v) is 5.33. The summed E-state index contributed by atoms with van der Waals surface area (Å²) in [6.07, 6.45) is 3.41. The summed E-state index contributed by atoms with van der Waals surface area (Å²) in [5, 5.41) is 3.26. The first kappa shape index (κ1) is 17.6. The van der Waals surface area contributed by atoms with Crippen molar-refractivity contribution in [1.82, 2.24) is 20.0 Å². The number of carbonyl (C=O) groups excluding carboxylic acids is 2. The molecule has 3 fully saturated rings. The maximum Gasteiger partial charge on any atom is 0.242 e. The van der Waals surface area contributed by atoms with Gasteiger partial charge in [0.1, 0.15) is 6.04 Å². The zero-order chi connectivity index (χ0) is 16.9. The van der Waals surface area contributed by atoms with Crippen molar-refractivity contribution < 1.29 is 14.3 Å². The first-order valence-electron chi connectivity index (χ1n) is 9.29. The number of morpholine rings is 1. The van der Waals surface area contributed by atoms with Crippen molar-refractivity contribution >= 4 is 11.8 Å². The van der Waals surface area contributed by atoms with Gasteiger partial charge in [-0.1, -0.05) is 0 Å². The van der Waals surface area contributed by atoms with Crippen LogP contribution < -0.4 is 5.32 Å². The maximum atomic E-state index is 12.6. The van der Waals surface area contributed by atoms with Crippen LogP contribution in [0, 0.1) is 0 Å². The minimum atomic E-state index is -0.236. The Kier molecular flexibility index (Phi) is 6.08. The van der Waals surface area contributed by atoms with Gasteiger partial charge in [-0.25, -0.2) is 0 Å². The largest absolute Gasteiger partial charge is 0.375 e. The normalized spacial score (nSPS) is 29.5. The summed E-state index contributed by atoms with van der Waals surface area (Å²) in [6.45, 7) is 8.56. The van der Waals surface area contributed by atoms with Crippen LogP contribution in [-0.2, 0) is 14.3 Å². The van der Waals surface area contributed by atoms with E-state index in [1.807, 2.05) is 16.7 Å². The van der Waals surface area contributed by atoms with Crippen LogP contribution in [0.1, 0.15) is 26.2 Å². The molecule has 0 aliphatic carbocycles. The Morgan fingerprint density at radius 3 is 2.38 bits per heavy atom. The molecule has 7 heteroatoms. The molecule has 3 aliphatic heterocycles. The maximum absolute atomic E-state index is 12.6. The van der Waals surface area contributed by atoms with E-state index in [0.29, 0.717) is 26.2 Å². The fourth-order valence-corrected chi connectivity index (χ4v) is 3.77. The molecule has 1 N–H and O–H groups in total. The first-order valence-corrected chi connectivity index (χ1v) is 9.29. The number of piperidine rings is 1. The second-order valence-electron chi connectivity index (χ2n) is 7.05. The van der Waals surface area contributed by atoms with Crippen LogP contribution in [0.15, 0.2) is 0 Å². The van der Waals surface area contributed by atoms with E-state index >= 15 is 0 Å². The highest BCUT2D eigenvalue weighted by Gasteiger charge is 2.33. The fraction of sp³-hybridized carbons (Fsp3) is 0.882. The molecule has 0 spiro atoms. The lowest BCUT2D eigenvalue weighted by atomic mass is 10.1. The van der Waals surface area contributed by atoms with Gasteiger partial charge in [-0.15, -0.1) is 0 Å². The third kappa shape index (κ3) is 4.26. The summed E-state index contributed by atoms with van der Waals surface area (Å²) >= 11 is 0. The molecule has 3 saturated heterocycles. The van der Waals surface area contributed by atoms with Crippen LogP contribution in [0.5, 0.6) is 0 Å². The zero-order valence-corrected chi connectivity index (χ0v) is 14.7. The molecule has 0 unspecified atom stereocenters. The molecule has 0 bridgehead atoms. The van der Waals surface area contributed by atoms with Crippen molar-refractivity contribution in [3.8, 4) is 0 Å². The Hall–Kier alpha value is -1.18. The molecule has 3 rings (SSSR count). The molecule has 3 heterocycles. The average Bonchev–Trinajstić information content (AvgIpc) is 2.63. The third-order valence-electron chi connectivity index (χ3n) is 5.33. The number of nitrogens with zero attached hydrogens (tertiary/aromatic N) is 3. The first-order chi connectivity index (χ1) is 11.6. The molecular formula is C17H30N4O3. The summed E-state index contributed by atoms with van der Waals surface area (Å²) in [6, 6.07) is -0.236. The molecule has 0 aromatic rings. The van der Waals surface area contributed by atoms with Crippen molar-refractivity contribution in [2.45, 2.75) is 38.3 Å². The molecular weight excluding hydrogens is 308 g/mol. The lowest BCUT2D eigenvalue weighted by Crippen LogP contribution is -2.60. The quantitative estimate of drug-likeness (QED) is 0.753. The summed E-state index contributed by atoms with van der Waals surface area (Å²) in [5.74, 6) is 0.370. The van der Waals surface area contributed by atoms with Crippen molar-refractivity contribution in [3.05, 3.63) is 0 Å². The van der Waals surface area contributed by atoms with Crippen molar-refractivity contribution in [3.63, 3.8) is 0 Å². The Bertz CT molecular complexity index is 445. The van der Waals surface area contributed by atoms with E-state index in [9.17, 15) is 9.59 Å². The number of piperazine rings is 1. The van der Waals surface area contributed by atoms with Crippen molar-refractivity contribution in [1.29, 1.82) is 0 Å². The number of likely N-dealkylation sites (tertiary alicyclic amines) is 1. The monoisotopic (exact) mass is 338 g/mol. The number of rotatable bonds is 3. The number of carbonyl (C=O) groups is 2. The Morgan fingerprint density at radius 2 is 1.71 bits per heavy atom. The summed E-state index contributed by atoms with van der Waals surface area (Å²) in [7, 11) is 0. The topological polar surface area (TPSA) is 65.1 Å². The van der Waals surface area contributed by atoms with E-state index in [1.54, 1.807) is 0 Å². The zero-order valence-electron chi connectivity index (χ0n) is 14.7. The highest BCUT2D eigenvalue weighted by Crippen LogP contribution is 2.12. The van der Waals surface area contributed by atoms with Gasteiger partial charge in [0.05, 0.1) is 19.3 Å². The second kappa shape index (κ2) is 8.27. The van der Waals surface area contributed by atoms with Crippen molar-refractivity contribution in [2.24, 2.45) is 0 Å². The Labute approximate surface area is 144 Å². The predicted octanol–water partition coefficient (Wildman–Crippen LogP) is -0.480. The Balaban J connectivity index is 1.43. The molecule has 0 aromatic heterocycles. The lowest BCUT2D eigenvalue weighted by molar-refractivity contribution is -0.141. The molecule has 136 valence electrons. The van der Waals surface area contributed by atoms with Gasteiger partial charge in [0.2, 0.25) is 11.8 Å². The van der Waals surface area contributed by atoms with Gasteiger partial charge in [-0.3, -0.25) is 14.5 Å². The molecule has 24 heavy (non-hydrogen) atoms. The summed E-state index contributed by atoms with van der Waals surface area (Å²) in [5.41, 5.74) is 0. The van der Waals surface area contributed by atoms with Gasteiger partial charge in [0.25, 0.3) is 0 Å². The van der Waals surface area contributed by atoms with Gasteiger partial charge in [0.15, 0.2) is 0 Å². The number of hydrogen-bond donors (Lipinski definition) is 1. The molecule has 2 atom stereocenters. The van der Waals surface area contributed by atoms with E-state index in [1.165, 1.54) is 6.42 Å².